The quantitative estimate of drug-likeness (QED) is 0.241. The van der Waals surface area contributed by atoms with E-state index in [1.807, 2.05) is 0 Å². The molecule has 8 atom stereocenters. The topological polar surface area (TPSA) is 80.0 Å². The van der Waals surface area contributed by atoms with Gasteiger partial charge in [0.15, 0.2) is 5.76 Å². The molecule has 8 unspecified atom stereocenters. The van der Waals surface area contributed by atoms with E-state index in [4.69, 9.17) is 20.8 Å². The Kier molecular flexibility index (Phi) is 7.32. The van der Waals surface area contributed by atoms with Gasteiger partial charge in [-0.2, -0.15) is 13.2 Å². The Morgan fingerprint density at radius 2 is 1.59 bits per heavy atom. The molecule has 6 nitrogen and oxygen atoms in total. The number of ketones is 1. The summed E-state index contributed by atoms with van der Waals surface area (Å²) in [6, 6.07) is 6.18. The number of amides is 1. The van der Waals surface area contributed by atoms with Crippen LogP contribution in [0.1, 0.15) is 113 Å². The monoisotopic (exact) mass is 789 g/mol. The molecule has 2 aromatic rings. The first-order chi connectivity index (χ1) is 26.5. The minimum Gasteiger partial charge on any atom is -0.453 e. The predicted molar refractivity (Wildman–Crippen MR) is 203 cm³/mol. The Hall–Kier alpha value is -3.04. The van der Waals surface area contributed by atoms with Gasteiger partial charge in [0.25, 0.3) is 0 Å². The van der Waals surface area contributed by atoms with Crippen LogP contribution in [0.4, 0.5) is 18.0 Å². The molecule has 298 valence electrons. The van der Waals surface area contributed by atoms with Crippen molar-refractivity contribution in [1.29, 1.82) is 0 Å². The number of alkyl halides is 3. The molecule has 2 heterocycles. The molecule has 13 rings (SSSR count). The van der Waals surface area contributed by atoms with Gasteiger partial charge >= 0.3 is 12.3 Å². The number of halogens is 4. The first-order valence-corrected chi connectivity index (χ1v) is 21.5. The van der Waals surface area contributed by atoms with Crippen molar-refractivity contribution in [2.45, 2.75) is 115 Å². The van der Waals surface area contributed by atoms with E-state index >= 15 is 4.79 Å². The van der Waals surface area contributed by atoms with Crippen LogP contribution in [0.25, 0.3) is 11.3 Å². The maximum atomic E-state index is 15.1. The van der Waals surface area contributed by atoms with Gasteiger partial charge in [0.1, 0.15) is 11.4 Å². The smallest absolute Gasteiger partial charge is 0.416 e. The number of furan rings is 1. The second kappa shape index (κ2) is 11.4. The first-order valence-electron chi connectivity index (χ1n) is 21.1. The number of carbonyl (C=O) groups excluding carboxylic acids is 2. The predicted octanol–water partition coefficient (Wildman–Crippen LogP) is 11.1. The van der Waals surface area contributed by atoms with E-state index in [1.54, 1.807) is 6.07 Å². The molecule has 0 radical (unpaired) electrons. The summed E-state index contributed by atoms with van der Waals surface area (Å²) < 4.78 is 54.0. The van der Waals surface area contributed by atoms with Crippen LogP contribution >= 0.6 is 11.6 Å². The Labute approximate surface area is 331 Å². The lowest BCUT2D eigenvalue weighted by atomic mass is 9.32. The molecule has 1 N–H and O–H groups in total. The highest BCUT2D eigenvalue weighted by molar-refractivity contribution is 6.33. The average Bonchev–Trinajstić information content (AvgIpc) is 3.82. The molecule has 8 fully saturated rings. The summed E-state index contributed by atoms with van der Waals surface area (Å²) in [5.41, 5.74) is -2.39. The summed E-state index contributed by atoms with van der Waals surface area (Å²) in [4.78, 5) is 31.3. The maximum Gasteiger partial charge on any atom is 0.416 e. The zero-order valence-corrected chi connectivity index (χ0v) is 33.0. The van der Waals surface area contributed by atoms with Crippen molar-refractivity contribution < 1.29 is 37.0 Å². The van der Waals surface area contributed by atoms with Crippen molar-refractivity contribution in [3.8, 4) is 11.3 Å². The van der Waals surface area contributed by atoms with Crippen molar-refractivity contribution in [3.05, 3.63) is 70.5 Å². The summed E-state index contributed by atoms with van der Waals surface area (Å²) in [6.07, 6.45) is 14.6. The van der Waals surface area contributed by atoms with E-state index in [-0.39, 0.29) is 56.6 Å². The largest absolute Gasteiger partial charge is 0.453 e. The summed E-state index contributed by atoms with van der Waals surface area (Å²) in [7, 11) is 0. The van der Waals surface area contributed by atoms with Gasteiger partial charge in [-0.15, -0.1) is 0 Å². The summed E-state index contributed by atoms with van der Waals surface area (Å²) >= 11 is 6.41. The van der Waals surface area contributed by atoms with Gasteiger partial charge in [0, 0.05) is 33.9 Å². The summed E-state index contributed by atoms with van der Waals surface area (Å²) in [5.74, 6) is 2.36. The molecule has 1 aromatic carbocycles. The van der Waals surface area contributed by atoms with Gasteiger partial charge in [-0.05, 0) is 154 Å². The molecule has 7 saturated carbocycles. The zero-order chi connectivity index (χ0) is 38.8. The average molecular weight is 790 g/mol. The molecule has 10 heteroatoms. The summed E-state index contributed by atoms with van der Waals surface area (Å²) in [5, 5.41) is 11.2. The van der Waals surface area contributed by atoms with E-state index in [9.17, 15) is 23.1 Å². The molecule has 1 amide bonds. The molecule has 6 bridgehead atoms. The maximum absolute atomic E-state index is 15.1. The third-order valence-corrected chi connectivity index (χ3v) is 18.3. The zero-order valence-electron chi connectivity index (χ0n) is 32.2. The Morgan fingerprint density at radius 3 is 2.30 bits per heavy atom. The Balaban J connectivity index is 0.964. The van der Waals surface area contributed by atoms with Crippen LogP contribution < -0.4 is 0 Å². The normalized spacial score (nSPS) is 45.5. The van der Waals surface area contributed by atoms with Crippen LogP contribution in [-0.2, 0) is 10.9 Å². The minimum atomic E-state index is -4.57. The molecule has 3 spiro atoms. The number of nitrogens with zero attached hydrogens (tertiary/aromatic N) is 1. The number of benzene rings is 1. The first kappa shape index (κ1) is 36.1. The second-order valence-electron chi connectivity index (χ2n) is 20.6. The number of fused-ring (bicyclic) bond motifs is 2. The van der Waals surface area contributed by atoms with Crippen molar-refractivity contribution in [2.75, 3.05) is 13.1 Å². The number of Topliss-reactive ketones (excluding diaryl/α,β-unsaturated/α-hetero) is 1. The van der Waals surface area contributed by atoms with Crippen molar-refractivity contribution in [2.24, 2.45) is 56.7 Å². The van der Waals surface area contributed by atoms with Crippen LogP contribution in [0.5, 0.6) is 0 Å². The molecule has 56 heavy (non-hydrogen) atoms. The highest BCUT2D eigenvalue weighted by Gasteiger charge is 2.76. The molecule has 1 aliphatic heterocycles. The highest BCUT2D eigenvalue weighted by atomic mass is 35.5. The molecule has 1 aromatic heterocycles. The van der Waals surface area contributed by atoms with Crippen LogP contribution in [0.2, 0.25) is 5.02 Å². The SMILES string of the molecule is CC12CCC(O)CC13C=CC1(C(C(=O)c4ccc(-c5cc(C(F)(F)F)ccc5Cl)o4)=C3)C2CCC2(C)C1CCC21CN(CC23CC4CC(CC(C4)C2)C3)C(=O)O1. The van der Waals surface area contributed by atoms with Gasteiger partial charge in [-0.25, -0.2) is 4.79 Å². The van der Waals surface area contributed by atoms with E-state index in [0.717, 1.165) is 68.5 Å². The Bertz CT molecular complexity index is 2090. The third-order valence-electron chi connectivity index (χ3n) is 18.0. The van der Waals surface area contributed by atoms with Crippen LogP contribution in [0.15, 0.2) is 58.6 Å². The molecular formula is C46H51ClF3NO5. The molecular weight excluding hydrogens is 739 g/mol. The lowest BCUT2D eigenvalue weighted by molar-refractivity contribution is -0.165. The van der Waals surface area contributed by atoms with Crippen molar-refractivity contribution >= 4 is 23.5 Å². The number of aliphatic hydroxyl groups excluding tert-OH is 1. The number of ether oxygens (including phenoxy) is 1. The number of hydrogen-bond acceptors (Lipinski definition) is 5. The Morgan fingerprint density at radius 1 is 0.911 bits per heavy atom. The number of carbonyl (C=O) groups is 2. The molecule has 11 aliphatic rings. The second-order valence-corrected chi connectivity index (χ2v) is 21.0. The van der Waals surface area contributed by atoms with E-state index in [2.05, 4.69) is 37.0 Å². The van der Waals surface area contributed by atoms with E-state index in [0.29, 0.717) is 25.0 Å². The van der Waals surface area contributed by atoms with Crippen molar-refractivity contribution in [3.63, 3.8) is 0 Å². The van der Waals surface area contributed by atoms with Crippen LogP contribution in [-0.4, -0.2) is 46.7 Å². The fourth-order valence-corrected chi connectivity index (χ4v) is 16.2. The minimum absolute atomic E-state index is 0.00168. The number of aliphatic hydroxyl groups is 1. The number of allylic oxidation sites excluding steroid dienone is 4. The molecule has 1 saturated heterocycles. The lowest BCUT2D eigenvalue weighted by Crippen LogP contribution is -2.67. The number of rotatable bonds is 5. The van der Waals surface area contributed by atoms with Gasteiger partial charge in [-0.3, -0.25) is 4.79 Å². The highest BCUT2D eigenvalue weighted by Crippen LogP contribution is 2.79. The van der Waals surface area contributed by atoms with E-state index in [1.165, 1.54) is 50.7 Å². The van der Waals surface area contributed by atoms with Gasteiger partial charge < -0.3 is 19.2 Å². The summed E-state index contributed by atoms with van der Waals surface area (Å²) in [6.45, 7) is 6.05. The standard InChI is InChI=1S/C46H51ClF3NO5/c1-40-10-7-30(52)22-43(40)13-14-45(32(23-43)38(53)35-6-5-34(55-35)31-18-29(46(48,49)50)3-4-33(31)47)36(40)8-11-41(2)37(45)9-12-44(41)25-51(39(54)56-44)24-42-19-26-15-27(20-42)17-28(16-26)21-42/h3-6,13-14,18,23,26-28,30,36-37,52H,7-12,15-17,19-22,24-25H2,1-2H3. The van der Waals surface area contributed by atoms with Gasteiger partial charge in [-0.1, -0.05) is 43.7 Å². The third kappa shape index (κ3) is 4.62. The van der Waals surface area contributed by atoms with Crippen LogP contribution in [0.3, 0.4) is 0 Å². The van der Waals surface area contributed by atoms with Gasteiger partial charge in [0.05, 0.1) is 23.2 Å². The van der Waals surface area contributed by atoms with Gasteiger partial charge in [0.2, 0.25) is 5.78 Å². The fourth-order valence-electron chi connectivity index (χ4n) is 16.0. The fraction of sp³-hybridized carbons (Fsp3) is 0.652. The molecule has 10 aliphatic carbocycles. The lowest BCUT2D eigenvalue weighted by Gasteiger charge is -2.71. The number of hydrogen-bond donors (Lipinski definition) is 1. The van der Waals surface area contributed by atoms with Crippen LogP contribution in [0, 0.1) is 56.7 Å². The van der Waals surface area contributed by atoms with E-state index < -0.39 is 39.7 Å². The van der Waals surface area contributed by atoms with Crippen molar-refractivity contribution in [1.82, 2.24) is 4.90 Å².